The predicted octanol–water partition coefficient (Wildman–Crippen LogP) is 8.65. The van der Waals surface area contributed by atoms with Gasteiger partial charge in [-0.15, -0.1) is 0 Å². The van der Waals surface area contributed by atoms with Crippen LogP contribution in [0.1, 0.15) is 41.4 Å². The summed E-state index contributed by atoms with van der Waals surface area (Å²) in [5, 5.41) is 6.64. The highest BCUT2D eigenvalue weighted by Crippen LogP contribution is 2.35. The molecular weight excluding hydrogens is 569 g/mol. The number of benzene rings is 4. The van der Waals surface area contributed by atoms with Crippen molar-refractivity contribution >= 4 is 34.1 Å². The maximum atomic E-state index is 14.3. The lowest BCUT2D eigenvalue weighted by Gasteiger charge is -2.16. The average molecular weight is 600 g/mol. The molecule has 4 aromatic carbocycles. The Hall–Kier alpha value is -5.83. The minimum absolute atomic E-state index is 0.0840. The zero-order valence-electron chi connectivity index (χ0n) is 24.7. The number of carbonyl (C=O) groups excluding carboxylic acids is 1. The number of carbonyl (C=O) groups is 1. The molecule has 0 radical (unpaired) electrons. The topological polar surface area (TPSA) is 98.3 Å². The number of anilines is 3. The molecule has 0 aliphatic carbocycles. The van der Waals surface area contributed by atoms with Gasteiger partial charge in [0.1, 0.15) is 36.1 Å². The number of hydrogen-bond acceptors (Lipinski definition) is 7. The van der Waals surface area contributed by atoms with Crippen molar-refractivity contribution in [1.29, 1.82) is 0 Å². The fourth-order valence-electron chi connectivity index (χ4n) is 4.59. The van der Waals surface area contributed by atoms with Crippen LogP contribution in [-0.4, -0.2) is 20.9 Å². The Kier molecular flexibility index (Phi) is 8.59. The average Bonchev–Trinajstić information content (AvgIpc) is 3.06. The highest BCUT2D eigenvalue weighted by molar-refractivity contribution is 6.05. The van der Waals surface area contributed by atoms with Crippen molar-refractivity contribution in [2.75, 3.05) is 10.6 Å². The van der Waals surface area contributed by atoms with E-state index in [1.807, 2.05) is 54.6 Å². The van der Waals surface area contributed by atoms with E-state index >= 15 is 0 Å². The van der Waals surface area contributed by atoms with Gasteiger partial charge in [-0.3, -0.25) is 4.79 Å². The minimum atomic E-state index is -0.527. The number of fused-ring (bicyclic) bond motifs is 1. The van der Waals surface area contributed by atoms with E-state index in [1.165, 1.54) is 18.5 Å². The summed E-state index contributed by atoms with van der Waals surface area (Å²) in [6.45, 7) is 4.59. The van der Waals surface area contributed by atoms with Crippen molar-refractivity contribution in [2.45, 2.75) is 26.4 Å². The van der Waals surface area contributed by atoms with Gasteiger partial charge in [0, 0.05) is 11.3 Å². The molecule has 224 valence electrons. The smallest absolute Gasteiger partial charge is 0.255 e. The molecule has 0 spiro atoms. The van der Waals surface area contributed by atoms with Gasteiger partial charge in [0.05, 0.1) is 16.8 Å². The van der Waals surface area contributed by atoms with Gasteiger partial charge in [-0.25, -0.2) is 19.3 Å². The highest BCUT2D eigenvalue weighted by Gasteiger charge is 2.16. The van der Waals surface area contributed by atoms with Gasteiger partial charge in [-0.1, -0.05) is 56.3 Å². The standard InChI is InChI=1S/C36H30FN5O3/c1-23(2)30-18-17-28-34(40-30)38-22-39-35(28)41-32-20-25(36(43)42-31-11-7-6-10-29(31)37)12-19-33(32)45-27-15-13-26(14-16-27)44-21-24-8-4-3-5-9-24/h3-20,22-23H,21H2,1-2H3,(H,42,43)(H,38,39,40,41). The molecule has 6 rings (SSSR count). The molecule has 0 bridgehead atoms. The molecule has 0 saturated carbocycles. The molecule has 0 unspecified atom stereocenters. The van der Waals surface area contributed by atoms with Crippen LogP contribution in [0.3, 0.4) is 0 Å². The molecular formula is C36H30FN5O3. The van der Waals surface area contributed by atoms with Crippen molar-refractivity contribution in [3.8, 4) is 17.2 Å². The van der Waals surface area contributed by atoms with Gasteiger partial charge in [-0.2, -0.15) is 0 Å². The zero-order valence-corrected chi connectivity index (χ0v) is 24.7. The lowest BCUT2D eigenvalue weighted by atomic mass is 10.1. The van der Waals surface area contributed by atoms with E-state index in [0.717, 1.165) is 11.3 Å². The molecule has 1 amide bonds. The summed E-state index contributed by atoms with van der Waals surface area (Å²) < 4.78 is 26.4. The van der Waals surface area contributed by atoms with Gasteiger partial charge in [0.25, 0.3) is 5.91 Å². The summed E-state index contributed by atoms with van der Waals surface area (Å²) in [4.78, 5) is 26.6. The molecule has 0 aliphatic heterocycles. The summed E-state index contributed by atoms with van der Waals surface area (Å²) in [5.74, 6) is 1.42. The summed E-state index contributed by atoms with van der Waals surface area (Å²) in [5.41, 5.74) is 3.37. The third kappa shape index (κ3) is 7.05. The van der Waals surface area contributed by atoms with Crippen LogP contribution in [0, 0.1) is 5.82 Å². The molecule has 8 nitrogen and oxygen atoms in total. The van der Waals surface area contributed by atoms with Gasteiger partial charge in [-0.05, 0) is 78.2 Å². The summed E-state index contributed by atoms with van der Waals surface area (Å²) in [7, 11) is 0. The Labute approximate surface area is 259 Å². The number of pyridine rings is 1. The van der Waals surface area contributed by atoms with Crippen LogP contribution >= 0.6 is 0 Å². The largest absolute Gasteiger partial charge is 0.489 e. The molecule has 0 aliphatic rings. The van der Waals surface area contributed by atoms with E-state index < -0.39 is 11.7 Å². The fraction of sp³-hybridized carbons (Fsp3) is 0.111. The molecule has 0 fully saturated rings. The van der Waals surface area contributed by atoms with Crippen molar-refractivity contribution in [3.05, 3.63) is 138 Å². The van der Waals surface area contributed by atoms with E-state index in [9.17, 15) is 9.18 Å². The summed E-state index contributed by atoms with van der Waals surface area (Å²) in [6.07, 6.45) is 1.44. The molecule has 9 heteroatoms. The van der Waals surface area contributed by atoms with Crippen LogP contribution in [0.5, 0.6) is 17.2 Å². The van der Waals surface area contributed by atoms with Crippen LogP contribution < -0.4 is 20.1 Å². The van der Waals surface area contributed by atoms with E-state index in [2.05, 4.69) is 39.4 Å². The lowest BCUT2D eigenvalue weighted by Crippen LogP contribution is -2.13. The van der Waals surface area contributed by atoms with E-state index in [1.54, 1.807) is 42.5 Å². The second kappa shape index (κ2) is 13.2. The van der Waals surface area contributed by atoms with Crippen LogP contribution in [-0.2, 0) is 6.61 Å². The number of aromatic nitrogens is 3. The molecule has 2 aromatic heterocycles. The Balaban J connectivity index is 1.29. The highest BCUT2D eigenvalue weighted by atomic mass is 19.1. The third-order valence-electron chi connectivity index (χ3n) is 7.03. The number of ether oxygens (including phenoxy) is 2. The number of para-hydroxylation sites is 1. The second-order valence-corrected chi connectivity index (χ2v) is 10.6. The number of halogens is 1. The number of hydrogen-bond donors (Lipinski definition) is 2. The van der Waals surface area contributed by atoms with Gasteiger partial charge in [0.15, 0.2) is 11.4 Å². The number of nitrogens with zero attached hydrogens (tertiary/aromatic N) is 3. The van der Waals surface area contributed by atoms with E-state index in [-0.39, 0.29) is 17.2 Å². The molecule has 2 heterocycles. The summed E-state index contributed by atoms with van der Waals surface area (Å²) >= 11 is 0. The normalized spacial score (nSPS) is 10.9. The fourth-order valence-corrected chi connectivity index (χ4v) is 4.59. The molecule has 0 saturated heterocycles. The Morgan fingerprint density at radius 2 is 1.58 bits per heavy atom. The SMILES string of the molecule is CC(C)c1ccc2c(Nc3cc(C(=O)Nc4ccccc4F)ccc3Oc3ccc(OCc4ccccc4)cc3)ncnc2n1. The van der Waals surface area contributed by atoms with Gasteiger partial charge in [0.2, 0.25) is 0 Å². The third-order valence-corrected chi connectivity index (χ3v) is 7.03. The van der Waals surface area contributed by atoms with Crippen LogP contribution in [0.25, 0.3) is 11.0 Å². The summed E-state index contributed by atoms with van der Waals surface area (Å²) in [6, 6.07) is 32.0. The maximum absolute atomic E-state index is 14.3. The van der Waals surface area contributed by atoms with Crippen LogP contribution in [0.4, 0.5) is 21.6 Å². The molecule has 45 heavy (non-hydrogen) atoms. The van der Waals surface area contributed by atoms with Crippen molar-refractivity contribution in [2.24, 2.45) is 0 Å². The number of rotatable bonds is 10. The second-order valence-electron chi connectivity index (χ2n) is 10.6. The lowest BCUT2D eigenvalue weighted by molar-refractivity contribution is 0.102. The number of nitrogens with one attached hydrogen (secondary N) is 2. The van der Waals surface area contributed by atoms with Crippen LogP contribution in [0.15, 0.2) is 116 Å². The van der Waals surface area contributed by atoms with E-state index in [0.29, 0.717) is 46.4 Å². The van der Waals surface area contributed by atoms with Crippen molar-refractivity contribution in [1.82, 2.24) is 15.0 Å². The predicted molar refractivity (Wildman–Crippen MR) is 173 cm³/mol. The van der Waals surface area contributed by atoms with Crippen molar-refractivity contribution < 1.29 is 18.7 Å². The first-order chi connectivity index (χ1) is 21.9. The minimum Gasteiger partial charge on any atom is -0.489 e. The van der Waals surface area contributed by atoms with Crippen molar-refractivity contribution in [3.63, 3.8) is 0 Å². The molecule has 6 aromatic rings. The molecule has 0 atom stereocenters. The Bertz CT molecular complexity index is 1950. The van der Waals surface area contributed by atoms with Gasteiger partial charge < -0.3 is 20.1 Å². The first kappa shape index (κ1) is 29.3. The Morgan fingerprint density at radius 1 is 0.822 bits per heavy atom. The first-order valence-electron chi connectivity index (χ1n) is 14.5. The monoisotopic (exact) mass is 599 g/mol. The van der Waals surface area contributed by atoms with E-state index in [4.69, 9.17) is 9.47 Å². The molecule has 2 N–H and O–H groups in total. The van der Waals surface area contributed by atoms with Gasteiger partial charge >= 0.3 is 0 Å². The Morgan fingerprint density at radius 3 is 2.36 bits per heavy atom. The number of amides is 1. The zero-order chi connectivity index (χ0) is 31.2. The maximum Gasteiger partial charge on any atom is 0.255 e. The van der Waals surface area contributed by atoms with Crippen LogP contribution in [0.2, 0.25) is 0 Å². The first-order valence-corrected chi connectivity index (χ1v) is 14.5. The quantitative estimate of drug-likeness (QED) is 0.163.